The predicted octanol–water partition coefficient (Wildman–Crippen LogP) is 1.91. The van der Waals surface area contributed by atoms with Crippen LogP contribution in [0.5, 0.6) is 0 Å². The van der Waals surface area contributed by atoms with Crippen molar-refractivity contribution in [3.05, 3.63) is 34.9 Å². The highest BCUT2D eigenvalue weighted by atomic mass is 35.5. The minimum atomic E-state index is -0.651. The molecule has 1 aromatic rings. The molecule has 0 saturated carbocycles. The summed E-state index contributed by atoms with van der Waals surface area (Å²) < 4.78 is 4.82. The Hall–Kier alpha value is -0.810. The average Bonchev–Trinajstić information content (AvgIpc) is 2.29. The van der Waals surface area contributed by atoms with Crippen molar-refractivity contribution in [2.24, 2.45) is 5.73 Å². The van der Waals surface area contributed by atoms with Crippen molar-refractivity contribution in [2.45, 2.75) is 19.0 Å². The van der Waals surface area contributed by atoms with Gasteiger partial charge in [-0.05, 0) is 24.6 Å². The zero-order chi connectivity index (χ0) is 12.8. The van der Waals surface area contributed by atoms with Gasteiger partial charge in [0.25, 0.3) is 0 Å². The molecule has 0 heterocycles. The van der Waals surface area contributed by atoms with Gasteiger partial charge in [-0.1, -0.05) is 23.7 Å². The Morgan fingerprint density at radius 1 is 1.56 bits per heavy atom. The summed E-state index contributed by atoms with van der Waals surface area (Å²) in [4.78, 5) is 11.7. The summed E-state index contributed by atoms with van der Waals surface area (Å²) in [5.74, 6) is -0.237. The van der Waals surface area contributed by atoms with E-state index in [2.05, 4.69) is 5.32 Å². The normalized spacial score (nSPS) is 13.3. The number of hydrogen-bond donors (Lipinski definition) is 2. The van der Waals surface area contributed by atoms with Crippen LogP contribution in [0.4, 0.5) is 0 Å². The lowest BCUT2D eigenvalue weighted by molar-refractivity contribution is -0.124. The van der Waals surface area contributed by atoms with Crippen LogP contribution in [-0.2, 0) is 9.53 Å². The highest BCUT2D eigenvalue weighted by Crippen LogP contribution is 2.17. The largest absolute Gasteiger partial charge is 0.383 e. The third-order valence-electron chi connectivity index (χ3n) is 2.39. The molecule has 1 rings (SSSR count). The molecule has 0 saturated heterocycles. The van der Waals surface area contributed by atoms with Crippen LogP contribution in [0.25, 0.3) is 0 Å². The van der Waals surface area contributed by atoms with Crippen molar-refractivity contribution in [3.8, 4) is 0 Å². The summed E-state index contributed by atoms with van der Waals surface area (Å²) in [7, 11) is 1.51. The van der Waals surface area contributed by atoms with Crippen molar-refractivity contribution in [1.82, 2.24) is 5.32 Å². The smallest absolute Gasteiger partial charge is 0.239 e. The van der Waals surface area contributed by atoms with Crippen LogP contribution in [-0.4, -0.2) is 25.7 Å². The Balaban J connectivity index is 0.00000289. The lowest BCUT2D eigenvalue weighted by Gasteiger charge is -2.17. The summed E-state index contributed by atoms with van der Waals surface area (Å²) in [6.45, 7) is 2.08. The molecule has 4 nitrogen and oxygen atoms in total. The van der Waals surface area contributed by atoms with E-state index < -0.39 is 6.04 Å². The first-order chi connectivity index (χ1) is 8.04. The van der Waals surface area contributed by atoms with Gasteiger partial charge < -0.3 is 15.8 Å². The fourth-order valence-electron chi connectivity index (χ4n) is 1.43. The van der Waals surface area contributed by atoms with E-state index in [-0.39, 0.29) is 31.0 Å². The topological polar surface area (TPSA) is 64.3 Å². The molecule has 0 aliphatic heterocycles. The van der Waals surface area contributed by atoms with Gasteiger partial charge in [-0.3, -0.25) is 4.79 Å². The maximum atomic E-state index is 11.7. The molecule has 3 N–H and O–H groups in total. The van der Waals surface area contributed by atoms with Crippen molar-refractivity contribution >= 4 is 29.9 Å². The van der Waals surface area contributed by atoms with Crippen molar-refractivity contribution in [1.29, 1.82) is 0 Å². The monoisotopic (exact) mass is 292 g/mol. The molecule has 6 heteroatoms. The van der Waals surface area contributed by atoms with Gasteiger partial charge >= 0.3 is 0 Å². The van der Waals surface area contributed by atoms with Crippen molar-refractivity contribution < 1.29 is 9.53 Å². The number of benzene rings is 1. The number of nitrogens with one attached hydrogen (secondary N) is 1. The fourth-order valence-corrected chi connectivity index (χ4v) is 1.63. The van der Waals surface area contributed by atoms with Gasteiger partial charge in [0, 0.05) is 12.1 Å². The first kappa shape index (κ1) is 17.2. The third-order valence-corrected chi connectivity index (χ3v) is 2.63. The highest BCUT2D eigenvalue weighted by molar-refractivity contribution is 6.30. The van der Waals surface area contributed by atoms with Gasteiger partial charge in [-0.25, -0.2) is 0 Å². The Labute approximate surface area is 118 Å². The van der Waals surface area contributed by atoms with E-state index in [0.29, 0.717) is 5.02 Å². The molecule has 0 aromatic heterocycles. The van der Waals surface area contributed by atoms with E-state index in [1.807, 2.05) is 25.1 Å². The van der Waals surface area contributed by atoms with Crippen LogP contribution in [0.2, 0.25) is 5.02 Å². The van der Waals surface area contributed by atoms with Crippen LogP contribution in [0, 0.1) is 0 Å². The van der Waals surface area contributed by atoms with E-state index in [0.717, 1.165) is 5.56 Å². The number of halogens is 2. The van der Waals surface area contributed by atoms with Gasteiger partial charge in [0.05, 0.1) is 12.6 Å². The molecule has 0 radical (unpaired) electrons. The van der Waals surface area contributed by atoms with Gasteiger partial charge in [0.1, 0.15) is 6.04 Å². The second-order valence-corrected chi connectivity index (χ2v) is 4.28. The summed E-state index contributed by atoms with van der Waals surface area (Å²) in [6.07, 6.45) is 0. The number of methoxy groups -OCH3 is 1. The van der Waals surface area contributed by atoms with Gasteiger partial charge in [0.15, 0.2) is 0 Å². The molecule has 18 heavy (non-hydrogen) atoms. The SMILES string of the molecule is COCC(N)C(=O)NC(C)c1cccc(Cl)c1.Cl. The molecule has 2 atom stereocenters. The zero-order valence-electron chi connectivity index (χ0n) is 10.4. The minimum absolute atomic E-state index is 0. The average molecular weight is 293 g/mol. The maximum Gasteiger partial charge on any atom is 0.239 e. The molecular weight excluding hydrogens is 275 g/mol. The standard InChI is InChI=1S/C12H17ClN2O2.ClH/c1-8(9-4-3-5-10(13)6-9)15-12(16)11(14)7-17-2;/h3-6,8,11H,7,14H2,1-2H3,(H,15,16);1H. The van der Waals surface area contributed by atoms with E-state index in [9.17, 15) is 4.79 Å². The number of hydrogen-bond acceptors (Lipinski definition) is 3. The Kier molecular flexibility index (Phi) is 7.95. The summed E-state index contributed by atoms with van der Waals surface area (Å²) >= 11 is 5.88. The minimum Gasteiger partial charge on any atom is -0.383 e. The number of carbonyl (C=O) groups excluding carboxylic acids is 1. The van der Waals surface area contributed by atoms with Crippen molar-refractivity contribution in [3.63, 3.8) is 0 Å². The molecule has 1 amide bonds. The molecular formula is C12H18Cl2N2O2. The number of carbonyl (C=O) groups is 1. The second kappa shape index (κ2) is 8.32. The quantitative estimate of drug-likeness (QED) is 0.871. The molecule has 0 aliphatic rings. The van der Waals surface area contributed by atoms with E-state index >= 15 is 0 Å². The van der Waals surface area contributed by atoms with Gasteiger partial charge in [-0.15, -0.1) is 12.4 Å². The van der Waals surface area contributed by atoms with Crippen LogP contribution in [0.1, 0.15) is 18.5 Å². The fraction of sp³-hybridized carbons (Fsp3) is 0.417. The number of ether oxygens (including phenoxy) is 1. The van der Waals surface area contributed by atoms with E-state index in [1.165, 1.54) is 7.11 Å². The lowest BCUT2D eigenvalue weighted by atomic mass is 10.1. The van der Waals surface area contributed by atoms with Gasteiger partial charge in [-0.2, -0.15) is 0 Å². The van der Waals surface area contributed by atoms with Crippen LogP contribution in [0.3, 0.4) is 0 Å². The highest BCUT2D eigenvalue weighted by Gasteiger charge is 2.16. The van der Waals surface area contributed by atoms with Crippen LogP contribution in [0.15, 0.2) is 24.3 Å². The molecule has 1 aromatic carbocycles. The lowest BCUT2D eigenvalue weighted by Crippen LogP contribution is -2.44. The van der Waals surface area contributed by atoms with Crippen molar-refractivity contribution in [2.75, 3.05) is 13.7 Å². The maximum absolute atomic E-state index is 11.7. The summed E-state index contributed by atoms with van der Waals surface area (Å²) in [5.41, 5.74) is 6.56. The second-order valence-electron chi connectivity index (χ2n) is 3.85. The first-order valence-electron chi connectivity index (χ1n) is 5.35. The molecule has 102 valence electrons. The summed E-state index contributed by atoms with van der Waals surface area (Å²) in [6, 6.07) is 6.56. The molecule has 0 aliphatic carbocycles. The molecule has 0 spiro atoms. The Bertz CT molecular complexity index is 388. The van der Waals surface area contributed by atoms with E-state index in [1.54, 1.807) is 6.07 Å². The number of amides is 1. The van der Waals surface area contributed by atoms with Gasteiger partial charge in [0.2, 0.25) is 5.91 Å². The predicted molar refractivity (Wildman–Crippen MR) is 75.1 cm³/mol. The zero-order valence-corrected chi connectivity index (χ0v) is 11.9. The Morgan fingerprint density at radius 2 is 2.22 bits per heavy atom. The third kappa shape index (κ3) is 5.23. The summed E-state index contributed by atoms with van der Waals surface area (Å²) in [5, 5.41) is 3.45. The molecule has 0 bridgehead atoms. The van der Waals surface area contributed by atoms with E-state index in [4.69, 9.17) is 22.1 Å². The Morgan fingerprint density at radius 3 is 2.78 bits per heavy atom. The number of rotatable bonds is 5. The number of nitrogens with two attached hydrogens (primary N) is 1. The first-order valence-corrected chi connectivity index (χ1v) is 5.72. The molecule has 2 unspecified atom stereocenters. The van der Waals surface area contributed by atoms with Crippen LogP contribution < -0.4 is 11.1 Å². The molecule has 0 fully saturated rings. The van der Waals surface area contributed by atoms with Crippen LogP contribution >= 0.6 is 24.0 Å².